The topological polar surface area (TPSA) is 46.4 Å². The summed E-state index contributed by atoms with van der Waals surface area (Å²) in [5.41, 5.74) is 0. The van der Waals surface area contributed by atoms with Crippen molar-refractivity contribution in [3.05, 3.63) is 12.7 Å². The summed E-state index contributed by atoms with van der Waals surface area (Å²) in [6.45, 7) is 12.4. The van der Waals surface area contributed by atoms with Gasteiger partial charge in [-0.2, -0.15) is 5.10 Å². The van der Waals surface area contributed by atoms with Crippen LogP contribution in [-0.4, -0.2) is 76.5 Å². The number of ether oxygens (including phenoxy) is 1. The average Bonchev–Trinajstić information content (AvgIpc) is 2.92. The highest BCUT2D eigenvalue weighted by molar-refractivity contribution is 4.79. The highest BCUT2D eigenvalue weighted by Crippen LogP contribution is 2.09. The van der Waals surface area contributed by atoms with Crippen LogP contribution in [0, 0.1) is 0 Å². The Kier molecular flexibility index (Phi) is 5.75. The van der Waals surface area contributed by atoms with E-state index >= 15 is 0 Å². The largest absolute Gasteiger partial charge is 0.380 e. The van der Waals surface area contributed by atoms with E-state index in [4.69, 9.17) is 4.74 Å². The third-order valence-corrected chi connectivity index (χ3v) is 3.69. The number of piperazine rings is 1. The molecule has 0 spiro atoms. The molecule has 1 fully saturated rings. The zero-order valence-corrected chi connectivity index (χ0v) is 12.0. The summed E-state index contributed by atoms with van der Waals surface area (Å²) in [7, 11) is 0. The Morgan fingerprint density at radius 1 is 1.26 bits per heavy atom. The summed E-state index contributed by atoms with van der Waals surface area (Å²) in [6.07, 6.45) is 3.37. The van der Waals surface area contributed by atoms with Gasteiger partial charge in [0.1, 0.15) is 12.7 Å². The van der Waals surface area contributed by atoms with Gasteiger partial charge in [-0.05, 0) is 13.8 Å². The zero-order valence-electron chi connectivity index (χ0n) is 12.0. The fourth-order valence-corrected chi connectivity index (χ4v) is 2.52. The van der Waals surface area contributed by atoms with Gasteiger partial charge in [0.2, 0.25) is 0 Å². The lowest BCUT2D eigenvalue weighted by Crippen LogP contribution is -2.53. The number of hydrogen-bond acceptors (Lipinski definition) is 5. The van der Waals surface area contributed by atoms with Gasteiger partial charge in [-0.25, -0.2) is 4.98 Å². The molecule has 0 unspecified atom stereocenters. The van der Waals surface area contributed by atoms with Crippen LogP contribution in [0.25, 0.3) is 0 Å². The maximum Gasteiger partial charge on any atom is 0.137 e. The molecular weight excluding hydrogens is 242 g/mol. The minimum atomic E-state index is 0.602. The molecule has 6 nitrogen and oxygen atoms in total. The molecule has 0 aromatic carbocycles. The molecule has 6 heteroatoms. The Balaban J connectivity index is 1.67. The molecular formula is C13H25N5O. The molecule has 19 heavy (non-hydrogen) atoms. The Bertz CT molecular complexity index is 343. The van der Waals surface area contributed by atoms with Crippen molar-refractivity contribution in [3.63, 3.8) is 0 Å². The Labute approximate surface area is 115 Å². The first kappa shape index (κ1) is 14.4. The first-order valence-corrected chi connectivity index (χ1v) is 7.16. The van der Waals surface area contributed by atoms with Gasteiger partial charge in [0.15, 0.2) is 0 Å². The maximum absolute atomic E-state index is 5.43. The second-order valence-electron chi connectivity index (χ2n) is 5.04. The van der Waals surface area contributed by atoms with Crippen LogP contribution in [0.1, 0.15) is 13.8 Å². The Hall–Kier alpha value is -0.980. The zero-order chi connectivity index (χ0) is 13.5. The van der Waals surface area contributed by atoms with Crippen molar-refractivity contribution < 1.29 is 4.74 Å². The van der Waals surface area contributed by atoms with Crippen LogP contribution in [0.3, 0.4) is 0 Å². The van der Waals surface area contributed by atoms with E-state index in [9.17, 15) is 0 Å². The van der Waals surface area contributed by atoms with Gasteiger partial charge in [0.05, 0.1) is 13.2 Å². The molecule has 0 amide bonds. The number of rotatable bonds is 7. The lowest BCUT2D eigenvalue weighted by Gasteiger charge is -2.39. The molecule has 0 radical (unpaired) electrons. The van der Waals surface area contributed by atoms with Crippen LogP contribution in [0.4, 0.5) is 0 Å². The summed E-state index contributed by atoms with van der Waals surface area (Å²) >= 11 is 0. The molecule has 1 atom stereocenters. The van der Waals surface area contributed by atoms with Gasteiger partial charge in [-0.1, -0.05) is 0 Å². The van der Waals surface area contributed by atoms with E-state index in [0.29, 0.717) is 6.04 Å². The van der Waals surface area contributed by atoms with Gasteiger partial charge < -0.3 is 4.74 Å². The summed E-state index contributed by atoms with van der Waals surface area (Å²) in [5, 5.41) is 4.14. The summed E-state index contributed by atoms with van der Waals surface area (Å²) < 4.78 is 7.33. The number of hydrogen-bond donors (Lipinski definition) is 0. The first-order valence-electron chi connectivity index (χ1n) is 7.16. The SMILES string of the molecule is CCOCCN1CCN(CCn2cncn2)C[C@H]1C. The molecule has 2 heterocycles. The van der Waals surface area contributed by atoms with Gasteiger partial charge in [0, 0.05) is 45.4 Å². The lowest BCUT2D eigenvalue weighted by molar-refractivity contribution is 0.0479. The van der Waals surface area contributed by atoms with E-state index < -0.39 is 0 Å². The molecule has 1 saturated heterocycles. The fraction of sp³-hybridized carbons (Fsp3) is 0.846. The normalized spacial score (nSPS) is 21.9. The quantitative estimate of drug-likeness (QED) is 0.666. The fourth-order valence-electron chi connectivity index (χ4n) is 2.52. The van der Waals surface area contributed by atoms with Crippen molar-refractivity contribution in [1.82, 2.24) is 24.6 Å². The van der Waals surface area contributed by atoms with Crippen molar-refractivity contribution in [2.45, 2.75) is 26.4 Å². The average molecular weight is 267 g/mol. The molecule has 0 bridgehead atoms. The monoisotopic (exact) mass is 267 g/mol. The van der Waals surface area contributed by atoms with Gasteiger partial charge in [-0.15, -0.1) is 0 Å². The maximum atomic E-state index is 5.43. The third-order valence-electron chi connectivity index (χ3n) is 3.69. The molecule has 0 aliphatic carbocycles. The molecule has 0 N–H and O–H groups in total. The second kappa shape index (κ2) is 7.57. The Morgan fingerprint density at radius 2 is 2.16 bits per heavy atom. The molecule has 1 aliphatic rings. The number of aromatic nitrogens is 3. The summed E-state index contributed by atoms with van der Waals surface area (Å²) in [5.74, 6) is 0. The van der Waals surface area contributed by atoms with E-state index in [0.717, 1.165) is 52.5 Å². The van der Waals surface area contributed by atoms with E-state index in [1.165, 1.54) is 0 Å². The van der Waals surface area contributed by atoms with E-state index in [2.05, 4.69) is 26.8 Å². The van der Waals surface area contributed by atoms with Crippen LogP contribution < -0.4 is 0 Å². The van der Waals surface area contributed by atoms with E-state index in [1.807, 2.05) is 11.6 Å². The predicted octanol–water partition coefficient (Wildman–Crippen LogP) is 0.321. The van der Waals surface area contributed by atoms with Gasteiger partial charge in [-0.3, -0.25) is 14.5 Å². The van der Waals surface area contributed by atoms with Crippen molar-refractivity contribution >= 4 is 0 Å². The van der Waals surface area contributed by atoms with Gasteiger partial charge in [0.25, 0.3) is 0 Å². The van der Waals surface area contributed by atoms with E-state index in [1.54, 1.807) is 12.7 Å². The van der Waals surface area contributed by atoms with E-state index in [-0.39, 0.29) is 0 Å². The lowest BCUT2D eigenvalue weighted by atomic mass is 10.2. The molecule has 0 saturated carbocycles. The van der Waals surface area contributed by atoms with Gasteiger partial charge >= 0.3 is 0 Å². The van der Waals surface area contributed by atoms with Crippen molar-refractivity contribution in [1.29, 1.82) is 0 Å². The van der Waals surface area contributed by atoms with Crippen molar-refractivity contribution in [3.8, 4) is 0 Å². The smallest absolute Gasteiger partial charge is 0.137 e. The first-order chi connectivity index (χ1) is 9.29. The summed E-state index contributed by atoms with van der Waals surface area (Å²) in [4.78, 5) is 8.98. The molecule has 1 aromatic rings. The van der Waals surface area contributed by atoms with Crippen molar-refractivity contribution in [2.24, 2.45) is 0 Å². The third kappa shape index (κ3) is 4.56. The minimum absolute atomic E-state index is 0.602. The standard InChI is InChI=1S/C13H25N5O/c1-3-19-9-8-17-6-4-16(10-13(17)2)5-7-18-12-14-11-15-18/h11-13H,3-10H2,1-2H3/t13-/m1/s1. The minimum Gasteiger partial charge on any atom is -0.380 e. The second-order valence-corrected chi connectivity index (χ2v) is 5.04. The molecule has 1 aromatic heterocycles. The molecule has 2 rings (SSSR count). The summed E-state index contributed by atoms with van der Waals surface area (Å²) in [6, 6.07) is 0.602. The van der Waals surface area contributed by atoms with Crippen LogP contribution in [-0.2, 0) is 11.3 Å². The molecule has 1 aliphatic heterocycles. The molecule has 108 valence electrons. The van der Waals surface area contributed by atoms with Crippen LogP contribution in [0.2, 0.25) is 0 Å². The number of nitrogens with zero attached hydrogens (tertiary/aromatic N) is 5. The van der Waals surface area contributed by atoms with Crippen molar-refractivity contribution in [2.75, 3.05) is 45.9 Å². The van der Waals surface area contributed by atoms with Crippen LogP contribution in [0.5, 0.6) is 0 Å². The highest BCUT2D eigenvalue weighted by atomic mass is 16.5. The Morgan fingerprint density at radius 3 is 2.84 bits per heavy atom. The predicted molar refractivity (Wildman–Crippen MR) is 74.0 cm³/mol. The highest BCUT2D eigenvalue weighted by Gasteiger charge is 2.22. The van der Waals surface area contributed by atoms with Crippen LogP contribution in [0.15, 0.2) is 12.7 Å². The van der Waals surface area contributed by atoms with Crippen LogP contribution >= 0.6 is 0 Å².